The van der Waals surface area contributed by atoms with E-state index in [0.29, 0.717) is 5.03 Å². The zero-order valence-corrected chi connectivity index (χ0v) is 14.6. The van der Waals surface area contributed by atoms with Crippen molar-refractivity contribution in [3.05, 3.63) is 65.6 Å². The van der Waals surface area contributed by atoms with Crippen LogP contribution in [-0.2, 0) is 4.79 Å². The van der Waals surface area contributed by atoms with Crippen molar-refractivity contribution < 1.29 is 14.0 Å². The molecular formula is C18H15FN4O2S. The molecule has 0 atom stereocenters. The number of aromatic nitrogens is 2. The summed E-state index contributed by atoms with van der Waals surface area (Å²) in [5.41, 5.74) is 7.14. The fourth-order valence-corrected chi connectivity index (χ4v) is 2.94. The Hall–Kier alpha value is -3.00. The van der Waals surface area contributed by atoms with Crippen LogP contribution in [0.4, 0.5) is 4.39 Å². The van der Waals surface area contributed by atoms with E-state index in [1.54, 1.807) is 0 Å². The predicted molar refractivity (Wildman–Crippen MR) is 97.0 cm³/mol. The molecule has 26 heavy (non-hydrogen) atoms. The van der Waals surface area contributed by atoms with Gasteiger partial charge in [0, 0.05) is 5.56 Å². The number of hydrogen-bond acceptors (Lipinski definition) is 5. The summed E-state index contributed by atoms with van der Waals surface area (Å²) >= 11 is 1.23. The first-order chi connectivity index (χ1) is 12.5. The molecule has 0 aliphatic carbocycles. The van der Waals surface area contributed by atoms with Crippen LogP contribution in [0.25, 0.3) is 11.0 Å². The molecule has 3 rings (SSSR count). The topological polar surface area (TPSA) is 84.0 Å². The predicted octanol–water partition coefficient (Wildman–Crippen LogP) is 2.63. The molecule has 6 nitrogen and oxygen atoms in total. The van der Waals surface area contributed by atoms with Crippen LogP contribution in [-0.4, -0.2) is 27.5 Å². The van der Waals surface area contributed by atoms with Gasteiger partial charge in [0.05, 0.1) is 22.5 Å². The van der Waals surface area contributed by atoms with Crippen LogP contribution < -0.4 is 10.9 Å². The van der Waals surface area contributed by atoms with Crippen LogP contribution in [0.1, 0.15) is 16.1 Å². The van der Waals surface area contributed by atoms with Gasteiger partial charge in [0.2, 0.25) is 5.91 Å². The molecule has 0 aliphatic rings. The van der Waals surface area contributed by atoms with Crippen molar-refractivity contribution >= 4 is 34.6 Å². The van der Waals surface area contributed by atoms with E-state index in [4.69, 9.17) is 0 Å². The lowest BCUT2D eigenvalue weighted by Gasteiger charge is -2.08. The van der Waals surface area contributed by atoms with Crippen molar-refractivity contribution in [3.63, 3.8) is 0 Å². The Kier molecular flexibility index (Phi) is 5.43. The van der Waals surface area contributed by atoms with E-state index in [1.165, 1.54) is 36.0 Å². The number of thioether (sulfide) groups is 1. The van der Waals surface area contributed by atoms with Gasteiger partial charge in [-0.3, -0.25) is 20.4 Å². The van der Waals surface area contributed by atoms with Crippen molar-refractivity contribution in [3.8, 4) is 0 Å². The highest BCUT2D eigenvalue weighted by Gasteiger charge is 2.10. The lowest BCUT2D eigenvalue weighted by Crippen LogP contribution is -2.42. The summed E-state index contributed by atoms with van der Waals surface area (Å²) in [6.07, 6.45) is 0. The van der Waals surface area contributed by atoms with Crippen molar-refractivity contribution in [1.29, 1.82) is 0 Å². The molecule has 0 radical (unpaired) electrons. The molecule has 0 saturated heterocycles. The van der Waals surface area contributed by atoms with Crippen molar-refractivity contribution in [1.82, 2.24) is 20.8 Å². The number of nitrogens with zero attached hydrogens (tertiary/aromatic N) is 2. The first-order valence-corrected chi connectivity index (χ1v) is 8.72. The van der Waals surface area contributed by atoms with Gasteiger partial charge in [0.15, 0.2) is 0 Å². The Labute approximate surface area is 153 Å². The molecule has 0 fully saturated rings. The minimum absolute atomic E-state index is 0.0670. The molecule has 2 amide bonds. The molecule has 0 unspecified atom stereocenters. The third-order valence-electron chi connectivity index (χ3n) is 3.46. The Bertz CT molecular complexity index is 963. The normalized spacial score (nSPS) is 10.5. The highest BCUT2D eigenvalue weighted by molar-refractivity contribution is 7.99. The number of amides is 2. The minimum Gasteiger partial charge on any atom is -0.272 e. The highest BCUT2D eigenvalue weighted by atomic mass is 32.2. The zero-order chi connectivity index (χ0) is 18.5. The number of para-hydroxylation sites is 2. The minimum atomic E-state index is -0.523. The fraction of sp³-hybridized carbons (Fsp3) is 0.111. The van der Waals surface area contributed by atoms with Gasteiger partial charge in [-0.25, -0.2) is 14.4 Å². The van der Waals surface area contributed by atoms with E-state index in [2.05, 4.69) is 20.8 Å². The first-order valence-electron chi connectivity index (χ1n) is 7.74. The molecule has 0 aliphatic heterocycles. The summed E-state index contributed by atoms with van der Waals surface area (Å²) in [6.45, 7) is 1.83. The number of fused-ring (bicyclic) bond motifs is 1. The summed E-state index contributed by atoms with van der Waals surface area (Å²) in [6, 6.07) is 12.5. The molecular weight excluding hydrogens is 355 g/mol. The SMILES string of the molecule is Cc1nc2ccccc2nc1SCC(=O)NNC(=O)c1ccc(F)cc1. The molecule has 0 bridgehead atoms. The maximum atomic E-state index is 12.8. The number of carbonyl (C=O) groups excluding carboxylic acids is 2. The van der Waals surface area contributed by atoms with E-state index >= 15 is 0 Å². The summed E-state index contributed by atoms with van der Waals surface area (Å²) in [4.78, 5) is 32.7. The Morgan fingerprint density at radius 3 is 2.35 bits per heavy atom. The molecule has 1 heterocycles. The van der Waals surface area contributed by atoms with Crippen LogP contribution in [0.15, 0.2) is 53.6 Å². The van der Waals surface area contributed by atoms with Crippen LogP contribution in [0.2, 0.25) is 0 Å². The van der Waals surface area contributed by atoms with Gasteiger partial charge in [-0.05, 0) is 43.3 Å². The largest absolute Gasteiger partial charge is 0.272 e. The van der Waals surface area contributed by atoms with E-state index in [-0.39, 0.29) is 17.2 Å². The number of halogens is 1. The number of hydrazine groups is 1. The Morgan fingerprint density at radius 2 is 1.65 bits per heavy atom. The van der Waals surface area contributed by atoms with Crippen molar-refractivity contribution in [2.45, 2.75) is 11.9 Å². The average Bonchev–Trinajstić information content (AvgIpc) is 2.65. The smallest absolute Gasteiger partial charge is 0.269 e. The Morgan fingerprint density at radius 1 is 1.00 bits per heavy atom. The van der Waals surface area contributed by atoms with Crippen LogP contribution in [0.5, 0.6) is 0 Å². The maximum absolute atomic E-state index is 12.8. The highest BCUT2D eigenvalue weighted by Crippen LogP contribution is 2.21. The van der Waals surface area contributed by atoms with E-state index < -0.39 is 11.7 Å². The molecule has 8 heteroatoms. The number of nitrogens with one attached hydrogen (secondary N) is 2. The summed E-state index contributed by atoms with van der Waals surface area (Å²) in [5, 5.41) is 0.656. The van der Waals surface area contributed by atoms with Gasteiger partial charge in [-0.1, -0.05) is 23.9 Å². The molecule has 1 aromatic heterocycles. The lowest BCUT2D eigenvalue weighted by atomic mass is 10.2. The molecule has 0 saturated carbocycles. The standard InChI is InChI=1S/C18H15FN4O2S/c1-11-18(21-15-5-3-2-4-14(15)20-11)26-10-16(24)22-23-17(25)12-6-8-13(19)9-7-12/h2-9H,10H2,1H3,(H,22,24)(H,23,25). The average molecular weight is 370 g/mol. The Balaban J connectivity index is 1.55. The molecule has 132 valence electrons. The third-order valence-corrected chi connectivity index (χ3v) is 4.53. The van der Waals surface area contributed by atoms with Gasteiger partial charge in [0.1, 0.15) is 10.8 Å². The number of rotatable bonds is 4. The van der Waals surface area contributed by atoms with Crippen LogP contribution >= 0.6 is 11.8 Å². The van der Waals surface area contributed by atoms with Gasteiger partial charge in [-0.2, -0.15) is 0 Å². The third kappa shape index (κ3) is 4.34. The zero-order valence-electron chi connectivity index (χ0n) is 13.8. The lowest BCUT2D eigenvalue weighted by molar-refractivity contribution is -0.119. The second-order valence-corrected chi connectivity index (χ2v) is 6.36. The van der Waals surface area contributed by atoms with E-state index in [1.807, 2.05) is 31.2 Å². The van der Waals surface area contributed by atoms with Gasteiger partial charge >= 0.3 is 0 Å². The number of hydrogen-bond donors (Lipinski definition) is 2. The monoisotopic (exact) mass is 370 g/mol. The molecule has 3 aromatic rings. The van der Waals surface area contributed by atoms with E-state index in [9.17, 15) is 14.0 Å². The number of carbonyl (C=O) groups is 2. The second kappa shape index (κ2) is 7.92. The van der Waals surface area contributed by atoms with Gasteiger partial charge in [-0.15, -0.1) is 0 Å². The van der Waals surface area contributed by atoms with Gasteiger partial charge < -0.3 is 0 Å². The van der Waals surface area contributed by atoms with Crippen molar-refractivity contribution in [2.75, 3.05) is 5.75 Å². The first kappa shape index (κ1) is 17.8. The number of benzene rings is 2. The fourth-order valence-electron chi connectivity index (χ4n) is 2.18. The quantitative estimate of drug-likeness (QED) is 0.545. The van der Waals surface area contributed by atoms with E-state index in [0.717, 1.165) is 16.7 Å². The van der Waals surface area contributed by atoms with Crippen LogP contribution in [0, 0.1) is 12.7 Å². The summed E-state index contributed by atoms with van der Waals surface area (Å²) in [5.74, 6) is -1.28. The second-order valence-electron chi connectivity index (χ2n) is 5.40. The summed E-state index contributed by atoms with van der Waals surface area (Å²) in [7, 11) is 0. The molecule has 2 N–H and O–H groups in total. The van der Waals surface area contributed by atoms with Crippen molar-refractivity contribution in [2.24, 2.45) is 0 Å². The maximum Gasteiger partial charge on any atom is 0.269 e. The summed E-state index contributed by atoms with van der Waals surface area (Å²) < 4.78 is 12.8. The van der Waals surface area contributed by atoms with Gasteiger partial charge in [0.25, 0.3) is 5.91 Å². The van der Waals surface area contributed by atoms with Crippen LogP contribution in [0.3, 0.4) is 0 Å². The number of aryl methyl sites for hydroxylation is 1. The molecule has 0 spiro atoms. The molecule has 2 aromatic carbocycles.